The van der Waals surface area contributed by atoms with Crippen molar-refractivity contribution in [2.24, 2.45) is 0 Å². The Morgan fingerprint density at radius 2 is 1.11 bits per heavy atom. The predicted molar refractivity (Wildman–Crippen MR) is 153 cm³/mol. The quantitative estimate of drug-likeness (QED) is 0.0685. The molecule has 3 unspecified atom stereocenters. The molecule has 0 saturated carbocycles. The summed E-state index contributed by atoms with van der Waals surface area (Å²) in [6.45, 7) is 4.10. The molecular formula is C31H61NO4. The fourth-order valence-electron chi connectivity index (χ4n) is 4.63. The summed E-state index contributed by atoms with van der Waals surface area (Å²) >= 11 is 0. The lowest BCUT2D eigenvalue weighted by Gasteiger charge is -2.26. The molecule has 0 spiro atoms. The smallest absolute Gasteiger partial charge is 0.220 e. The van der Waals surface area contributed by atoms with Crippen LogP contribution in [0.25, 0.3) is 0 Å². The highest BCUT2D eigenvalue weighted by molar-refractivity contribution is 5.76. The molecule has 0 aromatic carbocycles. The third kappa shape index (κ3) is 22.3. The van der Waals surface area contributed by atoms with Crippen molar-refractivity contribution in [2.45, 2.75) is 173 Å². The Bertz CT molecular complexity index is 497. The van der Waals surface area contributed by atoms with Crippen molar-refractivity contribution in [3.05, 3.63) is 12.2 Å². The second-order valence-electron chi connectivity index (χ2n) is 10.7. The van der Waals surface area contributed by atoms with Crippen LogP contribution in [-0.2, 0) is 4.79 Å². The molecule has 5 heteroatoms. The maximum absolute atomic E-state index is 12.2. The molecular weight excluding hydrogens is 450 g/mol. The zero-order valence-electron chi connectivity index (χ0n) is 23.9. The Hall–Kier alpha value is -0.910. The number of aliphatic hydroxyl groups excluding tert-OH is 3. The number of hydrogen-bond donors (Lipinski definition) is 4. The van der Waals surface area contributed by atoms with Gasteiger partial charge in [-0.15, -0.1) is 0 Å². The minimum atomic E-state index is -1.15. The fraction of sp³-hybridized carbons (Fsp3) is 0.903. The predicted octanol–water partition coefficient (Wildman–Crippen LogP) is 7.36. The third-order valence-corrected chi connectivity index (χ3v) is 7.12. The minimum Gasteiger partial charge on any atom is -0.394 e. The molecule has 0 radical (unpaired) electrons. The first-order valence-electron chi connectivity index (χ1n) is 15.5. The number of aliphatic hydroxyl groups is 3. The van der Waals surface area contributed by atoms with E-state index in [1.54, 1.807) is 0 Å². The van der Waals surface area contributed by atoms with Crippen LogP contribution in [-0.4, -0.2) is 46.1 Å². The van der Waals surface area contributed by atoms with Crippen LogP contribution in [0.3, 0.4) is 0 Å². The minimum absolute atomic E-state index is 0.158. The van der Waals surface area contributed by atoms with Crippen LogP contribution in [0.15, 0.2) is 12.2 Å². The second-order valence-corrected chi connectivity index (χ2v) is 10.7. The molecule has 4 N–H and O–H groups in total. The lowest BCUT2D eigenvalue weighted by Crippen LogP contribution is -2.50. The lowest BCUT2D eigenvalue weighted by molar-refractivity contribution is -0.124. The number of unbranched alkanes of at least 4 members (excludes halogenated alkanes) is 17. The van der Waals surface area contributed by atoms with Gasteiger partial charge in [-0.3, -0.25) is 4.79 Å². The van der Waals surface area contributed by atoms with E-state index in [-0.39, 0.29) is 12.5 Å². The third-order valence-electron chi connectivity index (χ3n) is 7.12. The molecule has 0 aromatic heterocycles. The van der Waals surface area contributed by atoms with Crippen LogP contribution >= 0.6 is 0 Å². The largest absolute Gasteiger partial charge is 0.394 e. The van der Waals surface area contributed by atoms with Crippen LogP contribution in [0, 0.1) is 0 Å². The Balaban J connectivity index is 3.80. The van der Waals surface area contributed by atoms with Gasteiger partial charge in [0.1, 0.15) is 6.10 Å². The summed E-state index contributed by atoms with van der Waals surface area (Å²) in [5, 5.41) is 33.0. The average molecular weight is 512 g/mol. The van der Waals surface area contributed by atoms with E-state index in [1.807, 2.05) is 0 Å². The van der Waals surface area contributed by atoms with Crippen molar-refractivity contribution in [2.75, 3.05) is 6.61 Å². The standard InChI is InChI=1S/C31H61NO4/c1-3-5-7-9-11-13-15-16-18-20-22-24-26-30(35)32-28(27-33)31(36)29(34)25-23-21-19-17-14-12-10-8-6-4-2/h17,19,28-29,31,33-34,36H,3-16,18,20-27H2,1-2H3,(H,32,35)/b19-17+. The molecule has 0 bridgehead atoms. The number of hydrogen-bond acceptors (Lipinski definition) is 4. The Morgan fingerprint density at radius 1 is 0.667 bits per heavy atom. The van der Waals surface area contributed by atoms with E-state index in [1.165, 1.54) is 89.9 Å². The van der Waals surface area contributed by atoms with Crippen molar-refractivity contribution in [1.82, 2.24) is 5.32 Å². The van der Waals surface area contributed by atoms with Gasteiger partial charge in [-0.1, -0.05) is 122 Å². The van der Waals surface area contributed by atoms with Crippen LogP contribution in [0.4, 0.5) is 0 Å². The molecule has 214 valence electrons. The topological polar surface area (TPSA) is 89.8 Å². The molecule has 0 fully saturated rings. The summed E-state index contributed by atoms with van der Waals surface area (Å²) in [6.07, 6.45) is 27.3. The summed E-state index contributed by atoms with van der Waals surface area (Å²) in [4.78, 5) is 12.2. The van der Waals surface area contributed by atoms with E-state index in [0.717, 1.165) is 38.5 Å². The molecule has 5 nitrogen and oxygen atoms in total. The maximum Gasteiger partial charge on any atom is 0.220 e. The van der Waals surface area contributed by atoms with Gasteiger partial charge in [0.05, 0.1) is 18.8 Å². The molecule has 0 aromatic rings. The molecule has 0 aliphatic heterocycles. The van der Waals surface area contributed by atoms with Gasteiger partial charge in [-0.25, -0.2) is 0 Å². The van der Waals surface area contributed by atoms with Gasteiger partial charge in [-0.2, -0.15) is 0 Å². The van der Waals surface area contributed by atoms with Crippen molar-refractivity contribution in [1.29, 1.82) is 0 Å². The Labute approximate surface area is 223 Å². The molecule has 1 amide bonds. The van der Waals surface area contributed by atoms with E-state index in [2.05, 4.69) is 31.3 Å². The van der Waals surface area contributed by atoms with Gasteiger partial charge < -0.3 is 20.6 Å². The summed E-state index contributed by atoms with van der Waals surface area (Å²) in [5.41, 5.74) is 0. The van der Waals surface area contributed by atoms with Crippen LogP contribution < -0.4 is 5.32 Å². The number of carbonyl (C=O) groups excluding carboxylic acids is 1. The summed E-state index contributed by atoms with van der Waals surface area (Å²) < 4.78 is 0. The molecule has 3 atom stereocenters. The highest BCUT2D eigenvalue weighted by Gasteiger charge is 2.26. The normalized spacial score (nSPS) is 14.2. The fourth-order valence-corrected chi connectivity index (χ4v) is 4.63. The van der Waals surface area contributed by atoms with Gasteiger partial charge in [0, 0.05) is 6.42 Å². The maximum atomic E-state index is 12.2. The van der Waals surface area contributed by atoms with E-state index in [0.29, 0.717) is 12.8 Å². The van der Waals surface area contributed by atoms with Gasteiger partial charge in [0.2, 0.25) is 5.91 Å². The monoisotopic (exact) mass is 511 g/mol. The van der Waals surface area contributed by atoms with Crippen molar-refractivity contribution < 1.29 is 20.1 Å². The molecule has 0 rings (SSSR count). The molecule has 0 aliphatic rings. The first kappa shape index (κ1) is 35.1. The van der Waals surface area contributed by atoms with E-state index >= 15 is 0 Å². The number of amides is 1. The number of allylic oxidation sites excluding steroid dienone is 2. The second kappa shape index (κ2) is 27.1. The van der Waals surface area contributed by atoms with Crippen LogP contribution in [0.2, 0.25) is 0 Å². The molecule has 0 heterocycles. The number of rotatable bonds is 27. The first-order chi connectivity index (χ1) is 17.6. The molecule has 0 aliphatic carbocycles. The van der Waals surface area contributed by atoms with E-state index in [4.69, 9.17) is 0 Å². The zero-order chi connectivity index (χ0) is 26.7. The first-order valence-corrected chi connectivity index (χ1v) is 15.5. The number of nitrogens with one attached hydrogen (secondary N) is 1. The van der Waals surface area contributed by atoms with E-state index < -0.39 is 18.2 Å². The average Bonchev–Trinajstić information content (AvgIpc) is 2.88. The lowest BCUT2D eigenvalue weighted by atomic mass is 10.0. The van der Waals surface area contributed by atoms with E-state index in [9.17, 15) is 20.1 Å². The van der Waals surface area contributed by atoms with Crippen molar-refractivity contribution in [3.8, 4) is 0 Å². The molecule has 0 saturated heterocycles. The van der Waals surface area contributed by atoms with Gasteiger partial charge >= 0.3 is 0 Å². The SMILES string of the molecule is CCCCCCC/C=C/CCCC(O)C(O)C(CO)NC(=O)CCCCCCCCCCCCCC. The Kier molecular flexibility index (Phi) is 26.4. The van der Waals surface area contributed by atoms with Gasteiger partial charge in [0.25, 0.3) is 0 Å². The highest BCUT2D eigenvalue weighted by atomic mass is 16.3. The zero-order valence-corrected chi connectivity index (χ0v) is 23.9. The van der Waals surface area contributed by atoms with Gasteiger partial charge in [0.15, 0.2) is 0 Å². The van der Waals surface area contributed by atoms with Crippen LogP contribution in [0.1, 0.15) is 155 Å². The number of carbonyl (C=O) groups is 1. The molecule has 36 heavy (non-hydrogen) atoms. The van der Waals surface area contributed by atoms with Gasteiger partial charge in [-0.05, 0) is 38.5 Å². The van der Waals surface area contributed by atoms with Crippen molar-refractivity contribution >= 4 is 5.91 Å². The summed E-state index contributed by atoms with van der Waals surface area (Å²) in [6, 6.07) is -0.816. The van der Waals surface area contributed by atoms with Crippen LogP contribution in [0.5, 0.6) is 0 Å². The van der Waals surface area contributed by atoms with Crippen molar-refractivity contribution in [3.63, 3.8) is 0 Å². The Morgan fingerprint density at radius 3 is 1.61 bits per heavy atom. The summed E-state index contributed by atoms with van der Waals surface area (Å²) in [7, 11) is 0. The summed E-state index contributed by atoms with van der Waals surface area (Å²) in [5.74, 6) is -0.158. The highest BCUT2D eigenvalue weighted by Crippen LogP contribution is 2.13.